The summed E-state index contributed by atoms with van der Waals surface area (Å²) in [6.45, 7) is 1.82. The van der Waals surface area contributed by atoms with Crippen LogP contribution in [0.15, 0.2) is 35.3 Å². The lowest BCUT2D eigenvalue weighted by atomic mass is 10.2. The van der Waals surface area contributed by atoms with Crippen LogP contribution in [0.3, 0.4) is 0 Å². The molecule has 0 saturated carbocycles. The van der Waals surface area contributed by atoms with Gasteiger partial charge in [-0.25, -0.2) is 0 Å². The Kier molecular flexibility index (Phi) is 3.57. The predicted molar refractivity (Wildman–Crippen MR) is 72.9 cm³/mol. The van der Waals surface area contributed by atoms with Crippen molar-refractivity contribution in [3.05, 3.63) is 57.0 Å². The lowest BCUT2D eigenvalue weighted by molar-refractivity contribution is 0.102. The molecule has 0 aliphatic heterocycles. The number of aromatic hydroxyl groups is 1. The summed E-state index contributed by atoms with van der Waals surface area (Å²) in [6.07, 6.45) is 1.16. The summed E-state index contributed by atoms with van der Waals surface area (Å²) in [4.78, 5) is 25.3. The van der Waals surface area contributed by atoms with Gasteiger partial charge in [-0.1, -0.05) is 17.7 Å². The van der Waals surface area contributed by atoms with Crippen molar-refractivity contribution in [2.24, 2.45) is 0 Å². The normalized spacial score (nSPS) is 10.2. The number of hydrogen-bond acceptors (Lipinski definition) is 3. The summed E-state index contributed by atoms with van der Waals surface area (Å²) in [5, 5.41) is 12.7. The van der Waals surface area contributed by atoms with E-state index in [0.717, 1.165) is 17.8 Å². The highest BCUT2D eigenvalue weighted by atomic mass is 35.5. The van der Waals surface area contributed by atoms with Crippen LogP contribution in [0, 0.1) is 6.92 Å². The minimum atomic E-state index is -0.529. The van der Waals surface area contributed by atoms with Gasteiger partial charge in [0.1, 0.15) is 5.75 Å². The van der Waals surface area contributed by atoms with Crippen molar-refractivity contribution in [3.63, 3.8) is 0 Å². The number of amides is 1. The Balaban J connectivity index is 2.30. The number of anilines is 1. The van der Waals surface area contributed by atoms with Crippen molar-refractivity contribution in [3.8, 4) is 5.75 Å². The van der Waals surface area contributed by atoms with E-state index in [-0.39, 0.29) is 11.3 Å². The Morgan fingerprint density at radius 2 is 2.11 bits per heavy atom. The molecule has 0 bridgehead atoms. The first kappa shape index (κ1) is 13.2. The third-order valence-electron chi connectivity index (χ3n) is 2.59. The maximum Gasteiger partial charge on any atom is 0.260 e. The Bertz CT molecular complexity index is 695. The van der Waals surface area contributed by atoms with E-state index in [0.29, 0.717) is 10.7 Å². The number of benzene rings is 1. The molecular weight excluding hydrogens is 268 g/mol. The molecule has 3 N–H and O–H groups in total. The molecule has 2 rings (SSSR count). The van der Waals surface area contributed by atoms with Crippen LogP contribution >= 0.6 is 11.6 Å². The molecule has 0 atom stereocenters. The van der Waals surface area contributed by atoms with Crippen molar-refractivity contribution in [2.45, 2.75) is 6.92 Å². The predicted octanol–water partition coefficient (Wildman–Crippen LogP) is 2.29. The SMILES string of the molecule is Cc1ccc(Cl)cc1NC(=O)c1c[nH]c(=O)cc1O. The fourth-order valence-electron chi connectivity index (χ4n) is 1.56. The summed E-state index contributed by atoms with van der Waals surface area (Å²) >= 11 is 5.85. The molecule has 0 fully saturated rings. The highest BCUT2D eigenvalue weighted by Gasteiger charge is 2.13. The summed E-state index contributed by atoms with van der Waals surface area (Å²) in [5.74, 6) is -0.903. The van der Waals surface area contributed by atoms with Gasteiger partial charge in [0.15, 0.2) is 0 Å². The molecule has 19 heavy (non-hydrogen) atoms. The van der Waals surface area contributed by atoms with E-state index in [2.05, 4.69) is 10.3 Å². The first-order valence-corrected chi connectivity index (χ1v) is 5.84. The van der Waals surface area contributed by atoms with Gasteiger partial charge in [0.25, 0.3) is 11.5 Å². The molecule has 0 saturated heterocycles. The Hall–Kier alpha value is -2.27. The Morgan fingerprint density at radius 1 is 1.37 bits per heavy atom. The molecule has 98 valence electrons. The van der Waals surface area contributed by atoms with Crippen molar-refractivity contribution < 1.29 is 9.90 Å². The number of aryl methyl sites for hydroxylation is 1. The van der Waals surface area contributed by atoms with Gasteiger partial charge in [-0.2, -0.15) is 0 Å². The standard InChI is InChI=1S/C13H11ClN2O3/c1-7-2-3-8(14)4-10(7)16-13(19)9-6-15-12(18)5-11(9)17/h2-6H,1H3,(H,16,19)(H2,15,17,18). The molecule has 1 heterocycles. The summed E-state index contributed by atoms with van der Waals surface area (Å²) in [6, 6.07) is 6.03. The number of pyridine rings is 1. The van der Waals surface area contributed by atoms with Gasteiger partial charge < -0.3 is 15.4 Å². The van der Waals surface area contributed by atoms with E-state index in [1.54, 1.807) is 18.2 Å². The van der Waals surface area contributed by atoms with Crippen LogP contribution in [0.2, 0.25) is 5.02 Å². The van der Waals surface area contributed by atoms with Crippen LogP contribution in [-0.2, 0) is 0 Å². The second-order valence-electron chi connectivity index (χ2n) is 4.01. The molecule has 0 unspecified atom stereocenters. The number of aromatic nitrogens is 1. The van der Waals surface area contributed by atoms with Crippen molar-refractivity contribution >= 4 is 23.2 Å². The van der Waals surface area contributed by atoms with Gasteiger partial charge in [0.05, 0.1) is 5.56 Å². The zero-order chi connectivity index (χ0) is 14.0. The smallest absolute Gasteiger partial charge is 0.260 e. The van der Waals surface area contributed by atoms with Gasteiger partial charge in [-0.05, 0) is 24.6 Å². The lowest BCUT2D eigenvalue weighted by Crippen LogP contribution is -2.15. The molecule has 1 aromatic heterocycles. The maximum atomic E-state index is 12.0. The molecule has 1 aromatic carbocycles. The maximum absolute atomic E-state index is 12.0. The van der Waals surface area contributed by atoms with E-state index in [1.807, 2.05) is 6.92 Å². The number of hydrogen-bond donors (Lipinski definition) is 3. The van der Waals surface area contributed by atoms with Crippen LogP contribution < -0.4 is 10.9 Å². The first-order valence-electron chi connectivity index (χ1n) is 5.46. The number of nitrogens with one attached hydrogen (secondary N) is 2. The number of carbonyl (C=O) groups is 1. The minimum absolute atomic E-state index is 0.0148. The third-order valence-corrected chi connectivity index (χ3v) is 2.83. The van der Waals surface area contributed by atoms with Gasteiger partial charge in [0.2, 0.25) is 0 Å². The Morgan fingerprint density at radius 3 is 2.79 bits per heavy atom. The zero-order valence-electron chi connectivity index (χ0n) is 10.0. The average Bonchev–Trinajstić information content (AvgIpc) is 2.33. The molecule has 0 radical (unpaired) electrons. The fraction of sp³-hybridized carbons (Fsp3) is 0.0769. The monoisotopic (exact) mass is 278 g/mol. The number of rotatable bonds is 2. The van der Waals surface area contributed by atoms with Crippen molar-refractivity contribution in [1.82, 2.24) is 4.98 Å². The van der Waals surface area contributed by atoms with E-state index in [4.69, 9.17) is 11.6 Å². The number of aromatic amines is 1. The van der Waals surface area contributed by atoms with Gasteiger partial charge in [-0.15, -0.1) is 0 Å². The van der Waals surface area contributed by atoms with Crippen LogP contribution in [0.5, 0.6) is 5.75 Å². The summed E-state index contributed by atoms with van der Waals surface area (Å²) in [7, 11) is 0. The lowest BCUT2D eigenvalue weighted by Gasteiger charge is -2.09. The van der Waals surface area contributed by atoms with Gasteiger partial charge in [0, 0.05) is 23.0 Å². The van der Waals surface area contributed by atoms with E-state index in [1.165, 1.54) is 0 Å². The van der Waals surface area contributed by atoms with Crippen molar-refractivity contribution in [2.75, 3.05) is 5.32 Å². The van der Waals surface area contributed by atoms with Crippen LogP contribution in [-0.4, -0.2) is 16.0 Å². The fourth-order valence-corrected chi connectivity index (χ4v) is 1.73. The van der Waals surface area contributed by atoms with Crippen molar-refractivity contribution in [1.29, 1.82) is 0 Å². The highest BCUT2D eigenvalue weighted by Crippen LogP contribution is 2.22. The van der Waals surface area contributed by atoms with Crippen LogP contribution in [0.1, 0.15) is 15.9 Å². The second-order valence-corrected chi connectivity index (χ2v) is 4.45. The molecule has 2 aromatic rings. The summed E-state index contributed by atoms with van der Waals surface area (Å²) in [5.41, 5.74) is 0.886. The van der Waals surface area contributed by atoms with Crippen LogP contribution in [0.4, 0.5) is 5.69 Å². The van der Waals surface area contributed by atoms with E-state index in [9.17, 15) is 14.7 Å². The highest BCUT2D eigenvalue weighted by molar-refractivity contribution is 6.31. The number of carbonyl (C=O) groups excluding carboxylic acids is 1. The first-order chi connectivity index (χ1) is 8.97. The second kappa shape index (κ2) is 5.16. The largest absolute Gasteiger partial charge is 0.507 e. The molecule has 0 spiro atoms. The topological polar surface area (TPSA) is 82.2 Å². The Labute approximate surface area is 113 Å². The average molecular weight is 279 g/mol. The van der Waals surface area contributed by atoms with Gasteiger partial charge >= 0.3 is 0 Å². The number of H-pyrrole nitrogens is 1. The van der Waals surface area contributed by atoms with E-state index >= 15 is 0 Å². The minimum Gasteiger partial charge on any atom is -0.507 e. The molecule has 6 heteroatoms. The number of halogens is 1. The molecule has 5 nitrogen and oxygen atoms in total. The third kappa shape index (κ3) is 2.95. The molecular formula is C13H11ClN2O3. The quantitative estimate of drug-likeness (QED) is 0.788. The zero-order valence-corrected chi connectivity index (χ0v) is 10.8. The van der Waals surface area contributed by atoms with Gasteiger partial charge in [-0.3, -0.25) is 9.59 Å². The summed E-state index contributed by atoms with van der Waals surface area (Å²) < 4.78 is 0. The molecule has 0 aliphatic rings. The molecule has 1 amide bonds. The molecule has 0 aliphatic carbocycles. The van der Waals surface area contributed by atoms with E-state index < -0.39 is 11.5 Å². The van der Waals surface area contributed by atoms with Crippen LogP contribution in [0.25, 0.3) is 0 Å².